The van der Waals surface area contributed by atoms with Crippen LogP contribution >= 0.6 is 11.3 Å². The predicted octanol–water partition coefficient (Wildman–Crippen LogP) is 4.03. The fourth-order valence-electron chi connectivity index (χ4n) is 3.02. The average molecular weight is 313 g/mol. The van der Waals surface area contributed by atoms with Gasteiger partial charge in [0.1, 0.15) is 0 Å². The van der Waals surface area contributed by atoms with Crippen LogP contribution in [0.1, 0.15) is 29.7 Å². The molecule has 1 saturated heterocycles. The molecule has 0 radical (unpaired) electrons. The number of rotatable bonds is 5. The van der Waals surface area contributed by atoms with E-state index < -0.39 is 6.10 Å². The molecule has 1 aliphatic rings. The lowest BCUT2D eigenvalue weighted by Crippen LogP contribution is -2.35. The zero-order valence-electron chi connectivity index (χ0n) is 12.8. The number of aliphatic hydroxyl groups is 1. The van der Waals surface area contributed by atoms with Crippen LogP contribution in [0.15, 0.2) is 53.9 Å². The molecule has 1 N–H and O–H groups in total. The van der Waals surface area contributed by atoms with E-state index in [-0.39, 0.29) is 0 Å². The van der Waals surface area contributed by atoms with Crippen molar-refractivity contribution >= 4 is 16.9 Å². The van der Waals surface area contributed by atoms with Gasteiger partial charge in [-0.2, -0.15) is 0 Å². The van der Waals surface area contributed by atoms with Crippen molar-refractivity contribution in [1.29, 1.82) is 0 Å². The molecule has 1 unspecified atom stereocenters. The van der Waals surface area contributed by atoms with E-state index >= 15 is 0 Å². The summed E-state index contributed by atoms with van der Waals surface area (Å²) in [6, 6.07) is 14.5. The summed E-state index contributed by atoms with van der Waals surface area (Å²) >= 11 is 1.72. The number of hydrogen-bond acceptors (Lipinski definition) is 3. The van der Waals surface area contributed by atoms with Gasteiger partial charge in [-0.25, -0.2) is 0 Å². The van der Waals surface area contributed by atoms with Gasteiger partial charge in [-0.15, -0.1) is 11.3 Å². The van der Waals surface area contributed by atoms with Gasteiger partial charge in [0.15, 0.2) is 0 Å². The molecule has 2 heterocycles. The minimum atomic E-state index is -0.421. The molecule has 1 aromatic carbocycles. The van der Waals surface area contributed by atoms with E-state index in [9.17, 15) is 5.11 Å². The molecule has 0 saturated carbocycles. The smallest absolute Gasteiger partial charge is 0.0857 e. The molecule has 1 fully saturated rings. The molecular weight excluding hydrogens is 290 g/mol. The Hall–Kier alpha value is -1.42. The van der Waals surface area contributed by atoms with Crippen LogP contribution in [0, 0.1) is 0 Å². The zero-order valence-corrected chi connectivity index (χ0v) is 13.6. The summed E-state index contributed by atoms with van der Waals surface area (Å²) in [4.78, 5) is 3.59. The van der Waals surface area contributed by atoms with E-state index in [2.05, 4.69) is 34.5 Å². The third kappa shape index (κ3) is 4.07. The van der Waals surface area contributed by atoms with Gasteiger partial charge in [-0.1, -0.05) is 42.8 Å². The number of nitrogens with zero attached hydrogens (tertiary/aromatic N) is 1. The van der Waals surface area contributed by atoms with Crippen molar-refractivity contribution in [2.45, 2.75) is 25.4 Å². The second-order valence-electron chi connectivity index (χ2n) is 5.85. The van der Waals surface area contributed by atoms with E-state index in [1.807, 2.05) is 24.3 Å². The Labute approximate surface area is 136 Å². The van der Waals surface area contributed by atoms with E-state index in [1.165, 1.54) is 29.7 Å². The monoisotopic (exact) mass is 313 g/mol. The Morgan fingerprint density at radius 1 is 1.09 bits per heavy atom. The number of benzene rings is 1. The zero-order chi connectivity index (χ0) is 15.2. The molecule has 22 heavy (non-hydrogen) atoms. The standard InChI is InChI=1S/C19H23NOS/c21-17(15-20-11-5-2-6-12-20)14-18(19-10-7-13-22-19)16-8-3-1-4-9-16/h1,3-4,7-10,13-14,17,21H,2,5-6,11-12,15H2/b18-14+. The van der Waals surface area contributed by atoms with Crippen molar-refractivity contribution in [3.63, 3.8) is 0 Å². The Morgan fingerprint density at radius 2 is 1.86 bits per heavy atom. The second kappa shape index (κ2) is 7.73. The average Bonchev–Trinajstić information content (AvgIpc) is 3.08. The number of likely N-dealkylation sites (tertiary alicyclic amines) is 1. The first-order valence-corrected chi connectivity index (χ1v) is 8.92. The van der Waals surface area contributed by atoms with Crippen LogP contribution in [0.2, 0.25) is 0 Å². The first-order chi connectivity index (χ1) is 10.8. The summed E-state index contributed by atoms with van der Waals surface area (Å²) in [5.41, 5.74) is 2.31. The summed E-state index contributed by atoms with van der Waals surface area (Å²) in [5, 5.41) is 12.6. The molecule has 1 aliphatic heterocycles. The Balaban J connectivity index is 1.79. The third-order valence-electron chi connectivity index (χ3n) is 4.12. The van der Waals surface area contributed by atoms with Gasteiger partial charge in [0.25, 0.3) is 0 Å². The molecule has 3 heteroatoms. The van der Waals surface area contributed by atoms with Crippen molar-refractivity contribution in [2.75, 3.05) is 19.6 Å². The summed E-state index contributed by atoms with van der Waals surface area (Å²) in [7, 11) is 0. The van der Waals surface area contributed by atoms with Gasteiger partial charge in [-0.05, 0) is 54.6 Å². The van der Waals surface area contributed by atoms with Gasteiger partial charge in [-0.3, -0.25) is 0 Å². The van der Waals surface area contributed by atoms with Gasteiger partial charge < -0.3 is 10.0 Å². The molecule has 116 valence electrons. The molecule has 0 amide bonds. The largest absolute Gasteiger partial charge is 0.388 e. The minimum absolute atomic E-state index is 0.421. The molecule has 2 aromatic rings. The molecule has 0 aliphatic carbocycles. The topological polar surface area (TPSA) is 23.5 Å². The second-order valence-corrected chi connectivity index (χ2v) is 6.80. The van der Waals surface area contributed by atoms with Crippen LogP contribution in [0.4, 0.5) is 0 Å². The lowest BCUT2D eigenvalue weighted by molar-refractivity contribution is 0.132. The van der Waals surface area contributed by atoms with Gasteiger partial charge in [0.2, 0.25) is 0 Å². The number of β-amino-alcohol motifs (C(OH)–C–C–N with tert-alkyl or cyclic N) is 1. The number of hydrogen-bond donors (Lipinski definition) is 1. The highest BCUT2D eigenvalue weighted by Gasteiger charge is 2.15. The predicted molar refractivity (Wildman–Crippen MR) is 94.1 cm³/mol. The molecular formula is C19H23NOS. The molecule has 1 atom stereocenters. The maximum absolute atomic E-state index is 10.5. The lowest BCUT2D eigenvalue weighted by Gasteiger charge is -2.27. The number of piperidine rings is 1. The van der Waals surface area contributed by atoms with Gasteiger partial charge in [0, 0.05) is 11.4 Å². The van der Waals surface area contributed by atoms with Crippen LogP contribution < -0.4 is 0 Å². The summed E-state index contributed by atoms with van der Waals surface area (Å²) in [5.74, 6) is 0. The van der Waals surface area contributed by atoms with E-state index in [4.69, 9.17) is 0 Å². The van der Waals surface area contributed by atoms with Crippen LogP contribution in [0.5, 0.6) is 0 Å². The highest BCUT2D eigenvalue weighted by molar-refractivity contribution is 7.11. The molecule has 2 nitrogen and oxygen atoms in total. The van der Waals surface area contributed by atoms with E-state index in [0.717, 1.165) is 25.2 Å². The van der Waals surface area contributed by atoms with Crippen molar-refractivity contribution in [3.05, 3.63) is 64.4 Å². The van der Waals surface area contributed by atoms with Crippen molar-refractivity contribution < 1.29 is 5.11 Å². The molecule has 0 bridgehead atoms. The Bertz CT molecular complexity index is 585. The maximum atomic E-state index is 10.5. The fraction of sp³-hybridized carbons (Fsp3) is 0.368. The normalized spacial score (nSPS) is 18.3. The molecule has 1 aromatic heterocycles. The van der Waals surface area contributed by atoms with Crippen LogP contribution in [0.3, 0.4) is 0 Å². The first-order valence-electron chi connectivity index (χ1n) is 8.04. The SMILES string of the molecule is OC(/C=C(\c1ccccc1)c1cccs1)CN1CCCCC1. The van der Waals surface area contributed by atoms with Crippen LogP contribution in [0.25, 0.3) is 5.57 Å². The first kappa shape index (κ1) is 15.5. The van der Waals surface area contributed by atoms with Crippen molar-refractivity contribution in [3.8, 4) is 0 Å². The summed E-state index contributed by atoms with van der Waals surface area (Å²) in [6.07, 6.45) is 5.44. The molecule has 3 rings (SSSR count). The number of aliphatic hydroxyl groups excluding tert-OH is 1. The Kier molecular flexibility index (Phi) is 5.43. The van der Waals surface area contributed by atoms with Crippen LogP contribution in [-0.4, -0.2) is 35.7 Å². The van der Waals surface area contributed by atoms with E-state index in [0.29, 0.717) is 0 Å². The minimum Gasteiger partial charge on any atom is -0.388 e. The van der Waals surface area contributed by atoms with Crippen LogP contribution in [-0.2, 0) is 0 Å². The fourth-order valence-corrected chi connectivity index (χ4v) is 3.80. The van der Waals surface area contributed by atoms with Crippen molar-refractivity contribution in [1.82, 2.24) is 4.90 Å². The van der Waals surface area contributed by atoms with Gasteiger partial charge in [0.05, 0.1) is 6.10 Å². The summed E-state index contributed by atoms with van der Waals surface area (Å²) in [6.45, 7) is 2.97. The highest BCUT2D eigenvalue weighted by Crippen LogP contribution is 2.27. The maximum Gasteiger partial charge on any atom is 0.0857 e. The lowest BCUT2D eigenvalue weighted by atomic mass is 10.0. The highest BCUT2D eigenvalue weighted by atomic mass is 32.1. The van der Waals surface area contributed by atoms with Crippen molar-refractivity contribution in [2.24, 2.45) is 0 Å². The summed E-state index contributed by atoms with van der Waals surface area (Å²) < 4.78 is 0. The van der Waals surface area contributed by atoms with E-state index in [1.54, 1.807) is 11.3 Å². The third-order valence-corrected chi connectivity index (χ3v) is 5.03. The van der Waals surface area contributed by atoms with Gasteiger partial charge >= 0.3 is 0 Å². The Morgan fingerprint density at radius 3 is 2.55 bits per heavy atom. The quantitative estimate of drug-likeness (QED) is 0.901. The number of thiophene rings is 1. The molecule has 0 spiro atoms.